The van der Waals surface area contributed by atoms with Gasteiger partial charge in [0.15, 0.2) is 0 Å². The Hall–Kier alpha value is -2.06. The summed E-state index contributed by atoms with van der Waals surface area (Å²) in [6, 6.07) is 17.5. The highest BCUT2D eigenvalue weighted by molar-refractivity contribution is 5.53. The first-order chi connectivity index (χ1) is 8.90. The molecule has 0 aromatic heterocycles. The van der Waals surface area contributed by atoms with E-state index >= 15 is 0 Å². The van der Waals surface area contributed by atoms with E-state index in [9.17, 15) is 5.11 Å². The molecule has 0 saturated carbocycles. The maximum Gasteiger partial charge on any atom is 0.119 e. The minimum absolute atomic E-state index is 0.0556. The van der Waals surface area contributed by atoms with Gasteiger partial charge in [-0.3, -0.25) is 0 Å². The summed E-state index contributed by atoms with van der Waals surface area (Å²) in [7, 11) is 0. The molecule has 0 aliphatic rings. The molecule has 0 aliphatic carbocycles. The fourth-order valence-electron chi connectivity index (χ4n) is 1.68. The predicted octanol–water partition coefficient (Wildman–Crippen LogP) is 3.27. The normalized spacial score (nSPS) is 10.7. The second kappa shape index (κ2) is 6.62. The van der Waals surface area contributed by atoms with Crippen molar-refractivity contribution in [3.05, 3.63) is 71.8 Å². The van der Waals surface area contributed by atoms with Gasteiger partial charge in [0.25, 0.3) is 0 Å². The zero-order valence-electron chi connectivity index (χ0n) is 10.1. The number of hydrogen-bond donors (Lipinski definition) is 1. The summed E-state index contributed by atoms with van der Waals surface area (Å²) in [5.74, 6) is 0.859. The van der Waals surface area contributed by atoms with E-state index in [2.05, 4.69) is 0 Å². The van der Waals surface area contributed by atoms with E-state index in [0.717, 1.165) is 16.9 Å². The monoisotopic (exact) mass is 240 g/mol. The summed E-state index contributed by atoms with van der Waals surface area (Å²) in [5.41, 5.74) is 1.95. The SMILES string of the molecule is OCc1ccccc1C=CCOc1ccccc1. The average molecular weight is 240 g/mol. The standard InChI is InChI=1S/C16H16O2/c17-13-15-8-5-4-7-14(15)9-6-12-18-16-10-2-1-3-11-16/h1-11,17H,12-13H2. The van der Waals surface area contributed by atoms with Crippen LogP contribution in [0, 0.1) is 0 Å². The van der Waals surface area contributed by atoms with Gasteiger partial charge >= 0.3 is 0 Å². The van der Waals surface area contributed by atoms with Crippen LogP contribution in [0.3, 0.4) is 0 Å². The van der Waals surface area contributed by atoms with Crippen molar-refractivity contribution in [2.45, 2.75) is 6.61 Å². The minimum Gasteiger partial charge on any atom is -0.490 e. The van der Waals surface area contributed by atoms with E-state index in [0.29, 0.717) is 6.61 Å². The highest BCUT2D eigenvalue weighted by Gasteiger charge is 1.95. The van der Waals surface area contributed by atoms with Gasteiger partial charge in [0.2, 0.25) is 0 Å². The Kier molecular flexibility index (Phi) is 4.56. The maximum atomic E-state index is 9.19. The van der Waals surface area contributed by atoms with Crippen molar-refractivity contribution in [1.29, 1.82) is 0 Å². The van der Waals surface area contributed by atoms with Crippen molar-refractivity contribution in [2.24, 2.45) is 0 Å². The number of ether oxygens (including phenoxy) is 1. The summed E-state index contributed by atoms with van der Waals surface area (Å²) in [5, 5.41) is 9.19. The first-order valence-corrected chi connectivity index (χ1v) is 5.93. The molecular weight excluding hydrogens is 224 g/mol. The van der Waals surface area contributed by atoms with Crippen LogP contribution in [0.1, 0.15) is 11.1 Å². The molecule has 18 heavy (non-hydrogen) atoms. The molecule has 2 rings (SSSR count). The van der Waals surface area contributed by atoms with Crippen molar-refractivity contribution >= 4 is 6.08 Å². The number of rotatable bonds is 5. The summed E-state index contributed by atoms with van der Waals surface area (Å²) >= 11 is 0. The lowest BCUT2D eigenvalue weighted by molar-refractivity contribution is 0.281. The summed E-state index contributed by atoms with van der Waals surface area (Å²) in [6.45, 7) is 0.573. The van der Waals surface area contributed by atoms with Gasteiger partial charge in [-0.25, -0.2) is 0 Å². The molecule has 0 aliphatic heterocycles. The number of aliphatic hydroxyl groups excluding tert-OH is 1. The lowest BCUT2D eigenvalue weighted by atomic mass is 10.1. The zero-order chi connectivity index (χ0) is 12.6. The van der Waals surface area contributed by atoms with Crippen LogP contribution in [0.25, 0.3) is 6.08 Å². The van der Waals surface area contributed by atoms with Crippen molar-refractivity contribution in [3.63, 3.8) is 0 Å². The predicted molar refractivity (Wildman–Crippen MR) is 73.3 cm³/mol. The third-order valence-electron chi connectivity index (χ3n) is 2.61. The van der Waals surface area contributed by atoms with Crippen molar-refractivity contribution < 1.29 is 9.84 Å². The summed E-state index contributed by atoms with van der Waals surface area (Å²) in [4.78, 5) is 0. The molecule has 0 fully saturated rings. The lowest BCUT2D eigenvalue weighted by Gasteiger charge is -2.03. The Morgan fingerprint density at radius 3 is 2.44 bits per heavy atom. The Morgan fingerprint density at radius 1 is 0.944 bits per heavy atom. The van der Waals surface area contributed by atoms with Crippen molar-refractivity contribution in [3.8, 4) is 5.75 Å². The smallest absolute Gasteiger partial charge is 0.119 e. The van der Waals surface area contributed by atoms with Gasteiger partial charge in [-0.05, 0) is 29.3 Å². The minimum atomic E-state index is 0.0556. The fourth-order valence-corrected chi connectivity index (χ4v) is 1.68. The number of hydrogen-bond acceptors (Lipinski definition) is 2. The summed E-state index contributed by atoms with van der Waals surface area (Å²) < 4.78 is 5.55. The largest absolute Gasteiger partial charge is 0.490 e. The topological polar surface area (TPSA) is 29.5 Å². The van der Waals surface area contributed by atoms with Crippen LogP contribution in [0.15, 0.2) is 60.7 Å². The Bertz CT molecular complexity index is 504. The van der Waals surface area contributed by atoms with Gasteiger partial charge in [0.1, 0.15) is 12.4 Å². The van der Waals surface area contributed by atoms with Gasteiger partial charge < -0.3 is 9.84 Å². The van der Waals surface area contributed by atoms with E-state index in [1.54, 1.807) is 0 Å². The van der Waals surface area contributed by atoms with E-state index in [-0.39, 0.29) is 6.61 Å². The van der Waals surface area contributed by atoms with Crippen LogP contribution in [-0.2, 0) is 6.61 Å². The van der Waals surface area contributed by atoms with Gasteiger partial charge in [-0.1, -0.05) is 48.5 Å². The zero-order valence-corrected chi connectivity index (χ0v) is 10.1. The molecule has 0 unspecified atom stereocenters. The van der Waals surface area contributed by atoms with Gasteiger partial charge in [-0.2, -0.15) is 0 Å². The van der Waals surface area contributed by atoms with E-state index in [1.807, 2.05) is 66.7 Å². The molecule has 0 atom stereocenters. The Balaban J connectivity index is 1.92. The molecule has 0 amide bonds. The number of para-hydroxylation sites is 1. The highest BCUT2D eigenvalue weighted by atomic mass is 16.5. The summed E-state index contributed by atoms with van der Waals surface area (Å²) in [6.07, 6.45) is 3.91. The molecule has 2 heteroatoms. The van der Waals surface area contributed by atoms with E-state index in [1.165, 1.54) is 0 Å². The first-order valence-electron chi connectivity index (χ1n) is 5.93. The molecule has 2 nitrogen and oxygen atoms in total. The molecule has 92 valence electrons. The van der Waals surface area contributed by atoms with Crippen LogP contribution in [0.5, 0.6) is 5.75 Å². The van der Waals surface area contributed by atoms with Crippen molar-refractivity contribution in [1.82, 2.24) is 0 Å². The third kappa shape index (κ3) is 3.47. The highest BCUT2D eigenvalue weighted by Crippen LogP contribution is 2.11. The number of aliphatic hydroxyl groups is 1. The second-order valence-electron chi connectivity index (χ2n) is 3.88. The molecule has 2 aromatic rings. The van der Waals surface area contributed by atoms with Crippen LogP contribution in [0.2, 0.25) is 0 Å². The molecule has 0 heterocycles. The van der Waals surface area contributed by atoms with Gasteiger partial charge in [0.05, 0.1) is 6.61 Å². The molecule has 1 N–H and O–H groups in total. The Labute approximate surface area is 107 Å². The van der Waals surface area contributed by atoms with Gasteiger partial charge in [-0.15, -0.1) is 0 Å². The first kappa shape index (κ1) is 12.4. The maximum absolute atomic E-state index is 9.19. The van der Waals surface area contributed by atoms with Crippen LogP contribution in [0.4, 0.5) is 0 Å². The molecule has 0 bridgehead atoms. The molecule has 2 aromatic carbocycles. The molecular formula is C16H16O2. The Morgan fingerprint density at radius 2 is 1.67 bits per heavy atom. The van der Waals surface area contributed by atoms with E-state index in [4.69, 9.17) is 4.74 Å². The van der Waals surface area contributed by atoms with E-state index < -0.39 is 0 Å². The fraction of sp³-hybridized carbons (Fsp3) is 0.125. The molecule has 0 spiro atoms. The number of benzene rings is 2. The lowest BCUT2D eigenvalue weighted by Crippen LogP contribution is -1.93. The third-order valence-corrected chi connectivity index (χ3v) is 2.61. The quantitative estimate of drug-likeness (QED) is 0.869. The molecule has 0 saturated heterocycles. The van der Waals surface area contributed by atoms with Crippen LogP contribution in [-0.4, -0.2) is 11.7 Å². The van der Waals surface area contributed by atoms with Crippen LogP contribution < -0.4 is 4.74 Å². The molecule has 0 radical (unpaired) electrons. The van der Waals surface area contributed by atoms with Crippen molar-refractivity contribution in [2.75, 3.05) is 6.61 Å². The van der Waals surface area contributed by atoms with Crippen LogP contribution >= 0.6 is 0 Å². The second-order valence-corrected chi connectivity index (χ2v) is 3.88. The average Bonchev–Trinajstić information content (AvgIpc) is 2.45. The van der Waals surface area contributed by atoms with Gasteiger partial charge in [0, 0.05) is 0 Å².